The largest absolute Gasteiger partial charge is 0.352 e. The Morgan fingerprint density at radius 3 is 2.82 bits per heavy atom. The molecule has 8 nitrogen and oxygen atoms in total. The van der Waals surface area contributed by atoms with Gasteiger partial charge in [0.05, 0.1) is 22.4 Å². The number of amides is 2. The summed E-state index contributed by atoms with van der Waals surface area (Å²) in [4.78, 5) is 46.7. The third kappa shape index (κ3) is 2.80. The molecule has 0 unspecified atom stereocenters. The molecule has 34 heavy (non-hydrogen) atoms. The Hall–Kier alpha value is -4.11. The van der Waals surface area contributed by atoms with Crippen molar-refractivity contribution >= 4 is 67.6 Å². The number of hydrogen-bond acceptors (Lipinski definition) is 7. The van der Waals surface area contributed by atoms with Gasteiger partial charge in [0.15, 0.2) is 0 Å². The van der Waals surface area contributed by atoms with Gasteiger partial charge in [-0.2, -0.15) is 0 Å². The van der Waals surface area contributed by atoms with Crippen LogP contribution in [-0.2, 0) is 9.59 Å². The molecular weight excluding hydrogens is 448 g/mol. The van der Waals surface area contributed by atoms with E-state index >= 15 is 0 Å². The molecule has 7 rings (SSSR count). The Labute approximate surface area is 197 Å². The Kier molecular flexibility index (Phi) is 4.10. The number of benzene rings is 1. The molecule has 166 valence electrons. The summed E-state index contributed by atoms with van der Waals surface area (Å²) in [6.07, 6.45) is 5.43. The van der Waals surface area contributed by atoms with Crippen LogP contribution < -0.4 is 10.2 Å². The zero-order valence-corrected chi connectivity index (χ0v) is 18.8. The Morgan fingerprint density at radius 1 is 1.00 bits per heavy atom. The van der Waals surface area contributed by atoms with Crippen molar-refractivity contribution in [3.63, 3.8) is 0 Å². The molecule has 0 fully saturated rings. The summed E-state index contributed by atoms with van der Waals surface area (Å²) in [5.74, 6) is -0.291. The molecule has 0 bridgehead atoms. The number of aromatic amines is 1. The standard InChI is InChI=1S/C25H18N6O2S/c32-22-19(16-11-27-24-14(16)7-10-34-24)20(23(33)30-22)21-15-3-1-2-4-18(15)28-25(29-21)31-9-6-17-13(12-31)5-8-26-17/h1-4,7-8,10-11,27H,5-6,9,12H2,(H,30,32,33). The number of imide groups is 1. The fourth-order valence-corrected chi connectivity index (χ4v) is 5.76. The summed E-state index contributed by atoms with van der Waals surface area (Å²) in [6, 6.07) is 9.58. The van der Waals surface area contributed by atoms with Gasteiger partial charge >= 0.3 is 0 Å². The summed E-state index contributed by atoms with van der Waals surface area (Å²) in [5, 5.41) is 6.11. The summed E-state index contributed by atoms with van der Waals surface area (Å²) >= 11 is 1.56. The highest BCUT2D eigenvalue weighted by Crippen LogP contribution is 2.38. The second-order valence-electron chi connectivity index (χ2n) is 8.53. The maximum Gasteiger partial charge on any atom is 0.261 e. The van der Waals surface area contributed by atoms with E-state index in [2.05, 4.69) is 20.2 Å². The lowest BCUT2D eigenvalue weighted by molar-refractivity contribution is -0.122. The summed E-state index contributed by atoms with van der Waals surface area (Å²) in [5.41, 5.74) is 5.00. The number of H-pyrrole nitrogens is 1. The second kappa shape index (κ2) is 7.19. The summed E-state index contributed by atoms with van der Waals surface area (Å²) < 4.78 is 0. The molecule has 2 amide bonds. The van der Waals surface area contributed by atoms with Crippen LogP contribution in [-0.4, -0.2) is 46.1 Å². The van der Waals surface area contributed by atoms with Gasteiger partial charge in [-0.25, -0.2) is 9.97 Å². The van der Waals surface area contributed by atoms with Crippen molar-refractivity contribution < 1.29 is 9.59 Å². The van der Waals surface area contributed by atoms with E-state index in [9.17, 15) is 9.59 Å². The highest BCUT2D eigenvalue weighted by atomic mass is 32.1. The fraction of sp³-hybridized carbons (Fsp3) is 0.160. The van der Waals surface area contributed by atoms with E-state index in [1.807, 2.05) is 41.9 Å². The van der Waals surface area contributed by atoms with Crippen LogP contribution in [0, 0.1) is 0 Å². The first-order chi connectivity index (χ1) is 16.7. The number of nitrogens with zero attached hydrogens (tertiary/aromatic N) is 4. The zero-order chi connectivity index (χ0) is 22.8. The molecule has 1 aromatic carbocycles. The van der Waals surface area contributed by atoms with Gasteiger partial charge in [-0.05, 0) is 23.1 Å². The minimum Gasteiger partial charge on any atom is -0.352 e. The van der Waals surface area contributed by atoms with Crippen LogP contribution in [0.2, 0.25) is 0 Å². The van der Waals surface area contributed by atoms with Crippen molar-refractivity contribution in [2.45, 2.75) is 12.8 Å². The average molecular weight is 467 g/mol. The first-order valence-electron chi connectivity index (χ1n) is 11.1. The quantitative estimate of drug-likeness (QED) is 0.449. The number of nitrogens with one attached hydrogen (secondary N) is 2. The van der Waals surface area contributed by atoms with Crippen molar-refractivity contribution in [1.29, 1.82) is 0 Å². The van der Waals surface area contributed by atoms with Crippen molar-refractivity contribution in [3.8, 4) is 0 Å². The number of thiophene rings is 1. The fourth-order valence-electron chi connectivity index (χ4n) is 4.98. The predicted molar refractivity (Wildman–Crippen MR) is 133 cm³/mol. The Balaban J connectivity index is 1.45. The van der Waals surface area contributed by atoms with Crippen LogP contribution in [0.3, 0.4) is 0 Å². The van der Waals surface area contributed by atoms with E-state index in [0.29, 0.717) is 29.3 Å². The molecule has 0 spiro atoms. The summed E-state index contributed by atoms with van der Waals surface area (Å²) in [7, 11) is 0. The van der Waals surface area contributed by atoms with Crippen LogP contribution in [0.25, 0.3) is 32.3 Å². The maximum atomic E-state index is 13.2. The first-order valence-corrected chi connectivity index (χ1v) is 12.0. The molecule has 0 saturated carbocycles. The number of hydrogen-bond donors (Lipinski definition) is 2. The van der Waals surface area contributed by atoms with Crippen LogP contribution in [0.15, 0.2) is 58.2 Å². The minimum absolute atomic E-state index is 0.290. The first kappa shape index (κ1) is 19.4. The van der Waals surface area contributed by atoms with Gasteiger partial charge in [0.1, 0.15) is 4.83 Å². The average Bonchev–Trinajstić information content (AvgIpc) is 3.62. The smallest absolute Gasteiger partial charge is 0.261 e. The number of aliphatic imine (C=N–C) groups is 1. The molecule has 0 radical (unpaired) electrons. The molecule has 0 saturated heterocycles. The van der Waals surface area contributed by atoms with E-state index in [4.69, 9.17) is 9.97 Å². The van der Waals surface area contributed by atoms with Crippen molar-refractivity contribution in [1.82, 2.24) is 20.3 Å². The number of para-hydroxylation sites is 1. The normalized spacial score (nSPS) is 18.1. The Bertz CT molecular complexity index is 1640. The monoisotopic (exact) mass is 466 g/mol. The number of fused-ring (bicyclic) bond motifs is 2. The molecule has 6 heterocycles. The minimum atomic E-state index is -0.438. The summed E-state index contributed by atoms with van der Waals surface area (Å²) in [6.45, 7) is 1.45. The molecule has 0 atom stereocenters. The molecule has 0 aliphatic carbocycles. The predicted octanol–water partition coefficient (Wildman–Crippen LogP) is 3.68. The molecule has 9 heteroatoms. The SMILES string of the molecule is O=C1NC(=O)C(c2c[nH]c3sccc23)=C1c1nc(N2CCC3=C(CC=N3)C2)nc2ccccc12. The maximum absolute atomic E-state index is 13.2. The van der Waals surface area contributed by atoms with Crippen LogP contribution in [0.1, 0.15) is 24.1 Å². The van der Waals surface area contributed by atoms with Crippen molar-refractivity contribution in [3.05, 3.63) is 64.4 Å². The topological polar surface area (TPSA) is 103 Å². The van der Waals surface area contributed by atoms with Gasteiger partial charge in [-0.15, -0.1) is 11.3 Å². The second-order valence-corrected chi connectivity index (χ2v) is 9.44. The van der Waals surface area contributed by atoms with E-state index in [1.165, 1.54) is 5.57 Å². The van der Waals surface area contributed by atoms with Gasteiger partial charge in [-0.3, -0.25) is 19.9 Å². The lowest BCUT2D eigenvalue weighted by Gasteiger charge is -2.28. The van der Waals surface area contributed by atoms with Gasteiger partial charge in [-0.1, -0.05) is 18.2 Å². The number of carbonyl (C=O) groups is 2. The van der Waals surface area contributed by atoms with Gasteiger partial charge < -0.3 is 9.88 Å². The van der Waals surface area contributed by atoms with Crippen LogP contribution >= 0.6 is 11.3 Å². The molecule has 3 aromatic heterocycles. The lowest BCUT2D eigenvalue weighted by atomic mass is 9.97. The molecule has 3 aliphatic rings. The molecule has 2 N–H and O–H groups in total. The van der Waals surface area contributed by atoms with Crippen LogP contribution in [0.5, 0.6) is 0 Å². The third-order valence-electron chi connectivity index (χ3n) is 6.61. The molecule has 4 aromatic rings. The highest BCUT2D eigenvalue weighted by Gasteiger charge is 2.36. The number of anilines is 1. The number of carbonyl (C=O) groups excluding carboxylic acids is 2. The van der Waals surface area contributed by atoms with E-state index in [-0.39, 0.29) is 5.57 Å². The van der Waals surface area contributed by atoms with Crippen molar-refractivity contribution in [2.24, 2.45) is 4.99 Å². The van der Waals surface area contributed by atoms with E-state index in [1.54, 1.807) is 17.5 Å². The van der Waals surface area contributed by atoms with Crippen LogP contribution in [0.4, 0.5) is 5.95 Å². The number of aromatic nitrogens is 3. The van der Waals surface area contributed by atoms with Gasteiger partial charge in [0, 0.05) is 60.4 Å². The highest BCUT2D eigenvalue weighted by molar-refractivity contribution is 7.16. The van der Waals surface area contributed by atoms with Gasteiger partial charge in [0.2, 0.25) is 5.95 Å². The molecule has 3 aliphatic heterocycles. The van der Waals surface area contributed by atoms with E-state index < -0.39 is 11.8 Å². The Morgan fingerprint density at radius 2 is 1.88 bits per heavy atom. The zero-order valence-electron chi connectivity index (χ0n) is 18.0. The lowest BCUT2D eigenvalue weighted by Crippen LogP contribution is -2.32. The van der Waals surface area contributed by atoms with E-state index in [0.717, 1.165) is 46.2 Å². The van der Waals surface area contributed by atoms with Crippen molar-refractivity contribution in [2.75, 3.05) is 18.0 Å². The number of rotatable bonds is 3. The van der Waals surface area contributed by atoms with Gasteiger partial charge in [0.25, 0.3) is 11.8 Å². The third-order valence-corrected chi connectivity index (χ3v) is 7.45. The molecular formula is C25H18N6O2S.